The standard InChI is InChI=1S/C27H18N6O3/c1-36-27(35)18-13-11-17(12-14-18)15-29-33-24-22(23-25(33)31-21-10-6-5-9-20(21)30-23)26(34)32(16-28-24)19-7-3-2-4-8-19/h2-16H,1H3. The fraction of sp³-hybridized carbons (Fsp3) is 0.0370. The molecule has 0 aliphatic carbocycles. The van der Waals surface area contributed by atoms with Crippen molar-refractivity contribution < 1.29 is 9.53 Å². The van der Waals surface area contributed by atoms with E-state index in [4.69, 9.17) is 14.7 Å². The van der Waals surface area contributed by atoms with Crippen molar-refractivity contribution in [1.29, 1.82) is 0 Å². The Balaban J connectivity index is 1.58. The molecule has 36 heavy (non-hydrogen) atoms. The van der Waals surface area contributed by atoms with Crippen LogP contribution in [-0.4, -0.2) is 43.5 Å². The van der Waals surface area contributed by atoms with Crippen molar-refractivity contribution in [2.75, 3.05) is 7.11 Å². The zero-order valence-electron chi connectivity index (χ0n) is 19.1. The minimum Gasteiger partial charge on any atom is -0.465 e. The van der Waals surface area contributed by atoms with E-state index in [9.17, 15) is 9.59 Å². The topological polar surface area (TPSA) is 104 Å². The number of hydrogen-bond donors (Lipinski definition) is 0. The van der Waals surface area contributed by atoms with E-state index in [1.54, 1.807) is 30.5 Å². The molecular formula is C27H18N6O3. The second kappa shape index (κ2) is 8.55. The highest BCUT2D eigenvalue weighted by Crippen LogP contribution is 2.25. The van der Waals surface area contributed by atoms with Crippen molar-refractivity contribution in [3.05, 3.63) is 107 Å². The fourth-order valence-electron chi connectivity index (χ4n) is 4.05. The Morgan fingerprint density at radius 1 is 0.889 bits per heavy atom. The molecule has 0 saturated carbocycles. The van der Waals surface area contributed by atoms with Crippen molar-refractivity contribution in [1.82, 2.24) is 24.2 Å². The molecule has 9 nitrogen and oxygen atoms in total. The highest BCUT2D eigenvalue weighted by molar-refractivity contribution is 6.05. The van der Waals surface area contributed by atoms with E-state index in [-0.39, 0.29) is 5.56 Å². The first-order valence-corrected chi connectivity index (χ1v) is 11.1. The summed E-state index contributed by atoms with van der Waals surface area (Å²) in [5.41, 5.74) is 4.14. The Morgan fingerprint density at radius 3 is 2.31 bits per heavy atom. The van der Waals surface area contributed by atoms with Gasteiger partial charge in [0.1, 0.15) is 17.2 Å². The molecule has 3 heterocycles. The van der Waals surface area contributed by atoms with Crippen molar-refractivity contribution in [3.63, 3.8) is 0 Å². The van der Waals surface area contributed by atoms with Gasteiger partial charge in [-0.05, 0) is 42.0 Å². The van der Waals surface area contributed by atoms with Crippen LogP contribution in [0.15, 0.2) is 95.1 Å². The molecule has 0 aliphatic rings. The molecule has 0 saturated heterocycles. The zero-order chi connectivity index (χ0) is 24.6. The second-order valence-corrected chi connectivity index (χ2v) is 8.01. The number of hydrogen-bond acceptors (Lipinski definition) is 7. The Hall–Kier alpha value is -5.18. The molecule has 0 radical (unpaired) electrons. The van der Waals surface area contributed by atoms with Crippen molar-refractivity contribution in [2.45, 2.75) is 0 Å². The Morgan fingerprint density at radius 2 is 1.58 bits per heavy atom. The molecule has 0 atom stereocenters. The quantitative estimate of drug-likeness (QED) is 0.283. The third-order valence-corrected chi connectivity index (χ3v) is 5.83. The number of nitrogens with zero attached hydrogens (tertiary/aromatic N) is 6. The first-order chi connectivity index (χ1) is 17.6. The summed E-state index contributed by atoms with van der Waals surface area (Å²) in [6, 6.07) is 23.6. The average molecular weight is 474 g/mol. The molecule has 0 amide bonds. The summed E-state index contributed by atoms with van der Waals surface area (Å²) < 4.78 is 7.75. The fourth-order valence-corrected chi connectivity index (χ4v) is 4.05. The number of rotatable bonds is 4. The van der Waals surface area contributed by atoms with Crippen LogP contribution in [0.4, 0.5) is 0 Å². The number of carbonyl (C=O) groups is 1. The van der Waals surface area contributed by atoms with E-state index in [1.165, 1.54) is 22.7 Å². The number of ether oxygens (including phenoxy) is 1. The van der Waals surface area contributed by atoms with Gasteiger partial charge in [0, 0.05) is 0 Å². The predicted octanol–water partition coefficient (Wildman–Crippen LogP) is 3.95. The van der Waals surface area contributed by atoms with Gasteiger partial charge in [-0.3, -0.25) is 9.36 Å². The van der Waals surface area contributed by atoms with Gasteiger partial charge in [0.15, 0.2) is 11.3 Å². The zero-order valence-corrected chi connectivity index (χ0v) is 19.1. The van der Waals surface area contributed by atoms with Gasteiger partial charge < -0.3 is 4.74 Å². The van der Waals surface area contributed by atoms with Gasteiger partial charge in [-0.25, -0.2) is 19.7 Å². The highest BCUT2D eigenvalue weighted by atomic mass is 16.5. The number of benzene rings is 3. The van der Waals surface area contributed by atoms with E-state index in [0.717, 1.165) is 5.56 Å². The molecule has 174 valence electrons. The SMILES string of the molecule is COC(=O)c1ccc(C=Nn2c3nc4ccccc4nc3c3c(=O)n(-c4ccccc4)cnc32)cc1. The van der Waals surface area contributed by atoms with E-state index in [2.05, 4.69) is 10.1 Å². The molecule has 0 bridgehead atoms. The minimum atomic E-state index is -0.415. The second-order valence-electron chi connectivity index (χ2n) is 8.01. The predicted molar refractivity (Wildman–Crippen MR) is 137 cm³/mol. The lowest BCUT2D eigenvalue weighted by molar-refractivity contribution is 0.0600. The largest absolute Gasteiger partial charge is 0.465 e. The summed E-state index contributed by atoms with van der Waals surface area (Å²) in [5.74, 6) is -0.415. The number of methoxy groups -OCH3 is 1. The van der Waals surface area contributed by atoms with Crippen molar-refractivity contribution >= 4 is 45.4 Å². The van der Waals surface area contributed by atoms with E-state index in [1.807, 2.05) is 54.6 Å². The van der Waals surface area contributed by atoms with Gasteiger partial charge in [0.25, 0.3) is 5.56 Å². The van der Waals surface area contributed by atoms with Crippen LogP contribution in [0.25, 0.3) is 38.9 Å². The minimum absolute atomic E-state index is 0.267. The van der Waals surface area contributed by atoms with Crippen molar-refractivity contribution in [2.24, 2.45) is 5.10 Å². The summed E-state index contributed by atoms with van der Waals surface area (Å²) in [6.45, 7) is 0. The van der Waals surface area contributed by atoms with Crippen molar-refractivity contribution in [3.8, 4) is 5.69 Å². The number of fused-ring (bicyclic) bond motifs is 4. The summed E-state index contributed by atoms with van der Waals surface area (Å²) in [6.07, 6.45) is 3.09. The summed E-state index contributed by atoms with van der Waals surface area (Å²) in [5, 5.41) is 4.93. The third kappa shape index (κ3) is 3.50. The van der Waals surface area contributed by atoms with Crippen LogP contribution < -0.4 is 5.56 Å². The third-order valence-electron chi connectivity index (χ3n) is 5.83. The lowest BCUT2D eigenvalue weighted by Crippen LogP contribution is -2.18. The lowest BCUT2D eigenvalue weighted by Gasteiger charge is -2.05. The molecule has 6 rings (SSSR count). The van der Waals surface area contributed by atoms with E-state index in [0.29, 0.717) is 44.5 Å². The van der Waals surface area contributed by atoms with Gasteiger partial charge in [-0.15, -0.1) is 0 Å². The van der Waals surface area contributed by atoms with Crippen LogP contribution in [0.3, 0.4) is 0 Å². The average Bonchev–Trinajstić information content (AvgIpc) is 3.24. The monoisotopic (exact) mass is 474 g/mol. The normalized spacial score (nSPS) is 11.6. The first-order valence-electron chi connectivity index (χ1n) is 11.1. The van der Waals surface area contributed by atoms with Gasteiger partial charge in [-0.2, -0.15) is 9.78 Å². The van der Waals surface area contributed by atoms with Gasteiger partial charge in [0.2, 0.25) is 0 Å². The summed E-state index contributed by atoms with van der Waals surface area (Å²) in [4.78, 5) is 39.4. The maximum atomic E-state index is 13.6. The molecule has 0 spiro atoms. The number of carbonyl (C=O) groups excluding carboxylic acids is 1. The Bertz CT molecular complexity index is 1850. The van der Waals surface area contributed by atoms with Gasteiger partial charge in [0.05, 0.1) is 35.6 Å². The molecule has 0 N–H and O–H groups in total. The Kier molecular flexibility index (Phi) is 5.07. The van der Waals surface area contributed by atoms with Crippen LogP contribution >= 0.6 is 0 Å². The van der Waals surface area contributed by atoms with Crippen LogP contribution in [0.1, 0.15) is 15.9 Å². The number of para-hydroxylation sites is 3. The summed E-state index contributed by atoms with van der Waals surface area (Å²) >= 11 is 0. The van der Waals surface area contributed by atoms with Gasteiger partial charge >= 0.3 is 5.97 Å². The molecule has 0 unspecified atom stereocenters. The molecule has 6 aromatic rings. The van der Waals surface area contributed by atoms with Crippen LogP contribution in [0.5, 0.6) is 0 Å². The maximum absolute atomic E-state index is 13.6. The highest BCUT2D eigenvalue weighted by Gasteiger charge is 2.20. The van der Waals surface area contributed by atoms with E-state index < -0.39 is 5.97 Å². The molecule has 3 aromatic heterocycles. The number of aromatic nitrogens is 5. The lowest BCUT2D eigenvalue weighted by atomic mass is 10.1. The molecule has 0 aliphatic heterocycles. The number of esters is 1. The van der Waals surface area contributed by atoms with Crippen LogP contribution in [-0.2, 0) is 4.74 Å². The Labute approximate surface area is 203 Å². The smallest absolute Gasteiger partial charge is 0.337 e. The van der Waals surface area contributed by atoms with E-state index >= 15 is 0 Å². The first kappa shape index (κ1) is 21.4. The summed E-state index contributed by atoms with van der Waals surface area (Å²) in [7, 11) is 1.34. The van der Waals surface area contributed by atoms with Crippen LogP contribution in [0.2, 0.25) is 0 Å². The maximum Gasteiger partial charge on any atom is 0.337 e. The molecule has 3 aromatic carbocycles. The van der Waals surface area contributed by atoms with Crippen LogP contribution in [0, 0.1) is 0 Å². The molecule has 0 fully saturated rings. The molecular weight excluding hydrogens is 456 g/mol. The molecule has 9 heteroatoms. The van der Waals surface area contributed by atoms with Gasteiger partial charge in [-0.1, -0.05) is 42.5 Å².